The Bertz CT molecular complexity index is 368. The van der Waals surface area contributed by atoms with Crippen LogP contribution in [0.2, 0.25) is 0 Å². The van der Waals surface area contributed by atoms with Crippen LogP contribution in [0.3, 0.4) is 0 Å². The lowest BCUT2D eigenvalue weighted by Gasteiger charge is -2.29. The van der Waals surface area contributed by atoms with Gasteiger partial charge < -0.3 is 9.47 Å². The highest BCUT2D eigenvalue weighted by Gasteiger charge is 2.47. The minimum Gasteiger partial charge on any atom is -0.465 e. The molecule has 0 amide bonds. The van der Waals surface area contributed by atoms with Crippen LogP contribution in [0, 0.1) is 5.41 Å². The second kappa shape index (κ2) is 18.9. The second-order valence-corrected chi connectivity index (χ2v) is 8.39. The van der Waals surface area contributed by atoms with Crippen LogP contribution in [0.25, 0.3) is 0 Å². The maximum absolute atomic E-state index is 13.1. The summed E-state index contributed by atoms with van der Waals surface area (Å²) in [5, 5.41) is 0. The molecular formula is C25H48O4. The van der Waals surface area contributed by atoms with Crippen LogP contribution in [-0.4, -0.2) is 25.2 Å². The summed E-state index contributed by atoms with van der Waals surface area (Å²) in [6.45, 7) is 9.41. The van der Waals surface area contributed by atoms with E-state index < -0.39 is 5.41 Å². The van der Waals surface area contributed by atoms with Crippen LogP contribution in [0.15, 0.2) is 0 Å². The van der Waals surface area contributed by atoms with E-state index in [0.29, 0.717) is 26.1 Å². The van der Waals surface area contributed by atoms with Crippen LogP contribution < -0.4 is 0 Å². The number of ether oxygens (including phenoxy) is 2. The number of unbranched alkanes of at least 4 members (excludes halogenated alkanes) is 10. The topological polar surface area (TPSA) is 52.6 Å². The van der Waals surface area contributed by atoms with Gasteiger partial charge in [-0.15, -0.1) is 0 Å². The molecule has 4 heteroatoms. The summed E-state index contributed by atoms with van der Waals surface area (Å²) in [5.41, 5.74) is -1.11. The van der Waals surface area contributed by atoms with Crippen molar-refractivity contribution in [2.75, 3.05) is 13.2 Å². The standard InChI is InChI=1S/C25H48O4/c1-5-9-13-17-21-28-23(26)25(19-15-11-7-3,20-16-12-8-4)24(27)29-22-18-14-10-6-2/h5-22H2,1-4H3. The van der Waals surface area contributed by atoms with E-state index in [4.69, 9.17) is 9.47 Å². The predicted octanol–water partition coefficient (Wildman–Crippen LogP) is 7.38. The molecule has 0 aromatic rings. The molecule has 0 saturated carbocycles. The molecule has 0 heterocycles. The third-order valence-corrected chi connectivity index (χ3v) is 5.66. The fourth-order valence-electron chi connectivity index (χ4n) is 3.63. The fourth-order valence-corrected chi connectivity index (χ4v) is 3.63. The molecule has 0 aromatic heterocycles. The first-order chi connectivity index (χ1) is 14.1. The van der Waals surface area contributed by atoms with E-state index in [1.165, 1.54) is 0 Å². The van der Waals surface area contributed by atoms with E-state index in [2.05, 4.69) is 27.7 Å². The normalized spacial score (nSPS) is 11.4. The number of carbonyl (C=O) groups excluding carboxylic acids is 2. The van der Waals surface area contributed by atoms with Gasteiger partial charge in [0.15, 0.2) is 5.41 Å². The van der Waals surface area contributed by atoms with E-state index in [9.17, 15) is 9.59 Å². The van der Waals surface area contributed by atoms with E-state index in [1.54, 1.807) is 0 Å². The van der Waals surface area contributed by atoms with Gasteiger partial charge in [-0.1, -0.05) is 105 Å². The molecule has 0 radical (unpaired) electrons. The zero-order valence-electron chi connectivity index (χ0n) is 19.9. The summed E-state index contributed by atoms with van der Waals surface area (Å²) in [7, 11) is 0. The molecular weight excluding hydrogens is 364 g/mol. The molecule has 0 aliphatic carbocycles. The van der Waals surface area contributed by atoms with Gasteiger partial charge in [-0.3, -0.25) is 9.59 Å². The van der Waals surface area contributed by atoms with Crippen molar-refractivity contribution in [3.05, 3.63) is 0 Å². The first-order valence-electron chi connectivity index (χ1n) is 12.4. The molecule has 0 unspecified atom stereocenters. The Morgan fingerprint density at radius 2 is 0.862 bits per heavy atom. The van der Waals surface area contributed by atoms with Crippen LogP contribution in [0.4, 0.5) is 0 Å². The van der Waals surface area contributed by atoms with Crippen molar-refractivity contribution in [3.8, 4) is 0 Å². The third kappa shape index (κ3) is 12.3. The summed E-state index contributed by atoms with van der Waals surface area (Å²) in [6.07, 6.45) is 15.4. The molecule has 0 saturated heterocycles. The summed E-state index contributed by atoms with van der Waals surface area (Å²) in [5.74, 6) is -0.695. The SMILES string of the molecule is CCCCCCOC(=O)C(CCCCC)(CCCCC)C(=O)OCCCCCC. The van der Waals surface area contributed by atoms with Crippen molar-refractivity contribution < 1.29 is 19.1 Å². The van der Waals surface area contributed by atoms with Crippen molar-refractivity contribution in [1.29, 1.82) is 0 Å². The average molecular weight is 413 g/mol. The maximum Gasteiger partial charge on any atom is 0.323 e. The Morgan fingerprint density at radius 3 is 1.21 bits per heavy atom. The van der Waals surface area contributed by atoms with Crippen LogP contribution >= 0.6 is 0 Å². The second-order valence-electron chi connectivity index (χ2n) is 8.39. The Labute approximate surface area is 180 Å². The molecule has 0 N–H and O–H groups in total. The van der Waals surface area contributed by atoms with Gasteiger partial charge >= 0.3 is 11.9 Å². The minimum atomic E-state index is -1.11. The molecule has 4 nitrogen and oxygen atoms in total. The Morgan fingerprint density at radius 1 is 0.517 bits per heavy atom. The summed E-state index contributed by atoms with van der Waals surface area (Å²) < 4.78 is 11.3. The lowest BCUT2D eigenvalue weighted by Crippen LogP contribution is -2.42. The molecule has 0 atom stereocenters. The number of hydrogen-bond acceptors (Lipinski definition) is 4. The third-order valence-electron chi connectivity index (χ3n) is 5.66. The predicted molar refractivity (Wildman–Crippen MR) is 121 cm³/mol. The van der Waals surface area contributed by atoms with Crippen molar-refractivity contribution in [1.82, 2.24) is 0 Å². The van der Waals surface area contributed by atoms with Gasteiger partial charge in [-0.25, -0.2) is 0 Å². The highest BCUT2D eigenvalue weighted by atomic mass is 16.6. The highest BCUT2D eigenvalue weighted by molar-refractivity contribution is 6.00. The van der Waals surface area contributed by atoms with Gasteiger partial charge in [-0.2, -0.15) is 0 Å². The molecule has 0 aliphatic rings. The van der Waals surface area contributed by atoms with Gasteiger partial charge in [0.1, 0.15) is 0 Å². The highest BCUT2D eigenvalue weighted by Crippen LogP contribution is 2.35. The number of rotatable bonds is 20. The largest absolute Gasteiger partial charge is 0.465 e. The summed E-state index contributed by atoms with van der Waals surface area (Å²) >= 11 is 0. The van der Waals surface area contributed by atoms with E-state index in [-0.39, 0.29) is 11.9 Å². The fraction of sp³-hybridized carbons (Fsp3) is 0.920. The van der Waals surface area contributed by atoms with E-state index >= 15 is 0 Å². The molecule has 29 heavy (non-hydrogen) atoms. The molecule has 0 fully saturated rings. The average Bonchev–Trinajstić information content (AvgIpc) is 2.72. The van der Waals surface area contributed by atoms with Gasteiger partial charge in [0.25, 0.3) is 0 Å². The van der Waals surface area contributed by atoms with Crippen LogP contribution in [-0.2, 0) is 19.1 Å². The molecule has 0 aromatic carbocycles. The maximum atomic E-state index is 13.1. The summed E-state index contributed by atoms with van der Waals surface area (Å²) in [6, 6.07) is 0. The Kier molecular flexibility index (Phi) is 18.2. The first kappa shape index (κ1) is 27.9. The Balaban J connectivity index is 5.10. The molecule has 0 spiro atoms. The van der Waals surface area contributed by atoms with Gasteiger partial charge in [0.2, 0.25) is 0 Å². The lowest BCUT2D eigenvalue weighted by atomic mass is 9.77. The van der Waals surface area contributed by atoms with Crippen LogP contribution in [0.5, 0.6) is 0 Å². The van der Waals surface area contributed by atoms with Crippen molar-refractivity contribution >= 4 is 11.9 Å². The number of carbonyl (C=O) groups is 2. The number of hydrogen-bond donors (Lipinski definition) is 0. The summed E-state index contributed by atoms with van der Waals surface area (Å²) in [4.78, 5) is 26.3. The molecule has 0 rings (SSSR count). The molecule has 0 bridgehead atoms. The minimum absolute atomic E-state index is 0.347. The van der Waals surface area contributed by atoms with Crippen molar-refractivity contribution in [2.24, 2.45) is 5.41 Å². The first-order valence-corrected chi connectivity index (χ1v) is 12.4. The van der Waals surface area contributed by atoms with Crippen molar-refractivity contribution in [2.45, 2.75) is 130 Å². The zero-order valence-corrected chi connectivity index (χ0v) is 19.9. The Hall–Kier alpha value is -1.06. The van der Waals surface area contributed by atoms with E-state index in [1.807, 2.05) is 0 Å². The number of esters is 2. The molecule has 172 valence electrons. The van der Waals surface area contributed by atoms with Crippen LogP contribution in [0.1, 0.15) is 130 Å². The monoisotopic (exact) mass is 412 g/mol. The van der Waals surface area contributed by atoms with Gasteiger partial charge in [0, 0.05) is 0 Å². The zero-order chi connectivity index (χ0) is 21.8. The molecule has 0 aliphatic heterocycles. The quantitative estimate of drug-likeness (QED) is 0.119. The van der Waals surface area contributed by atoms with Crippen molar-refractivity contribution in [3.63, 3.8) is 0 Å². The van der Waals surface area contributed by atoms with Gasteiger partial charge in [0.05, 0.1) is 13.2 Å². The lowest BCUT2D eigenvalue weighted by molar-refractivity contribution is -0.174. The van der Waals surface area contributed by atoms with E-state index in [0.717, 1.165) is 89.9 Å². The van der Waals surface area contributed by atoms with Gasteiger partial charge in [-0.05, 0) is 25.7 Å². The smallest absolute Gasteiger partial charge is 0.323 e.